The van der Waals surface area contributed by atoms with Gasteiger partial charge in [-0.05, 0) is 18.8 Å². The quantitative estimate of drug-likeness (QED) is 0.732. The van der Waals surface area contributed by atoms with Gasteiger partial charge in [0.2, 0.25) is 5.91 Å². The van der Waals surface area contributed by atoms with Crippen molar-refractivity contribution in [2.24, 2.45) is 5.92 Å². The maximum absolute atomic E-state index is 12.7. The summed E-state index contributed by atoms with van der Waals surface area (Å²) in [6.07, 6.45) is 4.42. The average Bonchev–Trinajstić information content (AvgIpc) is 3.17. The summed E-state index contributed by atoms with van der Waals surface area (Å²) in [5.74, 6) is 1.30. The number of hydrogen-bond donors (Lipinski definition) is 1. The minimum atomic E-state index is -3.64. The topological polar surface area (TPSA) is 103 Å². The van der Waals surface area contributed by atoms with E-state index in [-0.39, 0.29) is 17.5 Å². The molecule has 1 amide bonds. The van der Waals surface area contributed by atoms with Gasteiger partial charge in [-0.2, -0.15) is 4.31 Å². The highest BCUT2D eigenvalue weighted by Crippen LogP contribution is 2.26. The Kier molecular flexibility index (Phi) is 6.43. The van der Waals surface area contributed by atoms with Crippen LogP contribution in [-0.4, -0.2) is 55.5 Å². The molecule has 0 aliphatic carbocycles. The maximum Gasteiger partial charge on any atom is 0.262 e. The molecular weight excluding hydrogens is 396 g/mol. The van der Waals surface area contributed by atoms with Gasteiger partial charge < -0.3 is 19.4 Å². The number of aromatic nitrogens is 2. The standard InChI is InChI=1S/C19H26N4O5S/c1-14-4-6-23(7-5-14)29(25,26)19-12-22(13-20-19)11-18(24)21-15-8-16(27-2)10-17(9-15)28-3/h8-10,12-14H,4-7,11H2,1-3H3,(H,21,24). The van der Waals surface area contributed by atoms with Gasteiger partial charge in [0.05, 0.1) is 20.5 Å². The summed E-state index contributed by atoms with van der Waals surface area (Å²) in [6.45, 7) is 3.04. The third-order valence-corrected chi connectivity index (χ3v) is 6.70. The lowest BCUT2D eigenvalue weighted by Gasteiger charge is -2.28. The van der Waals surface area contributed by atoms with E-state index >= 15 is 0 Å². The summed E-state index contributed by atoms with van der Waals surface area (Å²) in [6, 6.07) is 5.03. The fourth-order valence-electron chi connectivity index (χ4n) is 3.16. The molecule has 1 aliphatic heterocycles. The van der Waals surface area contributed by atoms with Gasteiger partial charge in [-0.15, -0.1) is 0 Å². The Morgan fingerprint density at radius 3 is 2.38 bits per heavy atom. The van der Waals surface area contributed by atoms with Gasteiger partial charge >= 0.3 is 0 Å². The second kappa shape index (κ2) is 8.83. The van der Waals surface area contributed by atoms with Gasteiger partial charge in [-0.25, -0.2) is 13.4 Å². The Bertz CT molecular complexity index is 942. The van der Waals surface area contributed by atoms with Crippen molar-refractivity contribution in [3.05, 3.63) is 30.7 Å². The van der Waals surface area contributed by atoms with Crippen molar-refractivity contribution in [2.45, 2.75) is 31.3 Å². The third kappa shape index (κ3) is 5.07. The predicted molar refractivity (Wildman–Crippen MR) is 108 cm³/mol. The first kappa shape index (κ1) is 21.1. The van der Waals surface area contributed by atoms with Crippen molar-refractivity contribution < 1.29 is 22.7 Å². The first-order valence-electron chi connectivity index (χ1n) is 9.36. The number of nitrogens with zero attached hydrogens (tertiary/aromatic N) is 3. The van der Waals surface area contributed by atoms with Crippen LogP contribution in [0.4, 0.5) is 5.69 Å². The highest BCUT2D eigenvalue weighted by Gasteiger charge is 2.29. The summed E-state index contributed by atoms with van der Waals surface area (Å²) < 4.78 is 38.8. The van der Waals surface area contributed by atoms with E-state index in [9.17, 15) is 13.2 Å². The second-order valence-corrected chi connectivity index (χ2v) is 9.01. The molecule has 1 aromatic carbocycles. The zero-order valence-electron chi connectivity index (χ0n) is 16.8. The van der Waals surface area contributed by atoms with Crippen molar-refractivity contribution in [1.29, 1.82) is 0 Å². The SMILES string of the molecule is COc1cc(NC(=O)Cn2cnc(S(=O)(=O)N3CCC(C)CC3)c2)cc(OC)c1. The van der Waals surface area contributed by atoms with E-state index in [4.69, 9.17) is 9.47 Å². The number of carbonyl (C=O) groups excluding carboxylic acids is 1. The number of hydrogen-bond acceptors (Lipinski definition) is 6. The van der Waals surface area contributed by atoms with E-state index in [1.165, 1.54) is 35.6 Å². The number of methoxy groups -OCH3 is 2. The monoisotopic (exact) mass is 422 g/mol. The van der Waals surface area contributed by atoms with E-state index in [1.54, 1.807) is 18.2 Å². The third-order valence-electron chi connectivity index (χ3n) is 4.92. The number of carbonyl (C=O) groups is 1. The molecule has 1 fully saturated rings. The van der Waals surface area contributed by atoms with Crippen molar-refractivity contribution >= 4 is 21.6 Å². The summed E-state index contributed by atoms with van der Waals surface area (Å²) in [5.41, 5.74) is 0.515. The number of anilines is 1. The lowest BCUT2D eigenvalue weighted by atomic mass is 10.0. The molecule has 3 rings (SSSR count). The molecule has 1 aromatic heterocycles. The Labute approximate surface area is 170 Å². The van der Waals surface area contributed by atoms with Crippen LogP contribution in [0.15, 0.2) is 35.7 Å². The van der Waals surface area contributed by atoms with E-state index in [1.807, 2.05) is 0 Å². The van der Waals surface area contributed by atoms with E-state index in [0.29, 0.717) is 36.2 Å². The highest BCUT2D eigenvalue weighted by molar-refractivity contribution is 7.89. The van der Waals surface area contributed by atoms with Crippen molar-refractivity contribution in [2.75, 3.05) is 32.6 Å². The molecule has 0 saturated carbocycles. The minimum Gasteiger partial charge on any atom is -0.497 e. The first-order chi connectivity index (χ1) is 13.8. The summed E-state index contributed by atoms with van der Waals surface area (Å²) >= 11 is 0. The molecular formula is C19H26N4O5S. The lowest BCUT2D eigenvalue weighted by molar-refractivity contribution is -0.116. The zero-order chi connectivity index (χ0) is 21.0. The second-order valence-electron chi connectivity index (χ2n) is 7.12. The summed E-state index contributed by atoms with van der Waals surface area (Å²) in [4.78, 5) is 16.4. The Hall–Kier alpha value is -2.59. The molecule has 2 heterocycles. The molecule has 1 saturated heterocycles. The van der Waals surface area contributed by atoms with Crippen LogP contribution < -0.4 is 14.8 Å². The number of sulfonamides is 1. The Balaban J connectivity index is 1.66. The number of rotatable bonds is 7. The number of ether oxygens (including phenoxy) is 2. The number of imidazole rings is 1. The van der Waals surface area contributed by atoms with Crippen LogP contribution in [-0.2, 0) is 21.4 Å². The lowest BCUT2D eigenvalue weighted by Crippen LogP contribution is -2.38. The fraction of sp³-hybridized carbons (Fsp3) is 0.474. The zero-order valence-corrected chi connectivity index (χ0v) is 17.6. The van der Waals surface area contributed by atoms with Crippen LogP contribution in [0.5, 0.6) is 11.5 Å². The van der Waals surface area contributed by atoms with Gasteiger partial charge in [0, 0.05) is 43.2 Å². The van der Waals surface area contributed by atoms with Gasteiger partial charge in [0.15, 0.2) is 5.03 Å². The van der Waals surface area contributed by atoms with Gasteiger partial charge in [-0.3, -0.25) is 4.79 Å². The highest BCUT2D eigenvalue weighted by atomic mass is 32.2. The molecule has 1 aliphatic rings. The number of nitrogens with one attached hydrogen (secondary N) is 1. The molecule has 0 unspecified atom stereocenters. The van der Waals surface area contributed by atoms with Crippen molar-refractivity contribution in [3.63, 3.8) is 0 Å². The normalized spacial score (nSPS) is 15.8. The van der Waals surface area contributed by atoms with Crippen LogP contribution >= 0.6 is 0 Å². The van der Waals surface area contributed by atoms with Crippen LogP contribution in [0.3, 0.4) is 0 Å². The van der Waals surface area contributed by atoms with Crippen LogP contribution in [0.1, 0.15) is 19.8 Å². The average molecular weight is 423 g/mol. The molecule has 9 nitrogen and oxygen atoms in total. The Morgan fingerprint density at radius 1 is 1.17 bits per heavy atom. The summed E-state index contributed by atoms with van der Waals surface area (Å²) in [7, 11) is -0.591. The summed E-state index contributed by atoms with van der Waals surface area (Å²) in [5, 5.41) is 2.71. The van der Waals surface area contributed by atoms with Crippen molar-refractivity contribution in [3.8, 4) is 11.5 Å². The molecule has 10 heteroatoms. The Morgan fingerprint density at radius 2 is 1.79 bits per heavy atom. The largest absolute Gasteiger partial charge is 0.497 e. The molecule has 0 spiro atoms. The molecule has 2 aromatic rings. The van der Waals surface area contributed by atoms with Crippen LogP contribution in [0, 0.1) is 5.92 Å². The van der Waals surface area contributed by atoms with Crippen LogP contribution in [0.25, 0.3) is 0 Å². The van der Waals surface area contributed by atoms with Gasteiger partial charge in [-0.1, -0.05) is 6.92 Å². The van der Waals surface area contributed by atoms with Crippen molar-refractivity contribution in [1.82, 2.24) is 13.9 Å². The molecule has 0 atom stereocenters. The minimum absolute atomic E-state index is 0.0390. The molecule has 0 bridgehead atoms. The van der Waals surface area contributed by atoms with Gasteiger partial charge in [0.25, 0.3) is 10.0 Å². The molecule has 0 radical (unpaired) electrons. The maximum atomic E-state index is 12.7. The number of piperidine rings is 1. The molecule has 1 N–H and O–H groups in total. The predicted octanol–water partition coefficient (Wildman–Crippen LogP) is 1.96. The molecule has 29 heavy (non-hydrogen) atoms. The first-order valence-corrected chi connectivity index (χ1v) is 10.8. The molecule has 158 valence electrons. The fourth-order valence-corrected chi connectivity index (χ4v) is 4.57. The van der Waals surface area contributed by atoms with Crippen LogP contribution in [0.2, 0.25) is 0 Å². The number of amides is 1. The van der Waals surface area contributed by atoms with E-state index in [0.717, 1.165) is 12.8 Å². The van der Waals surface area contributed by atoms with E-state index in [2.05, 4.69) is 17.2 Å². The number of benzene rings is 1. The smallest absolute Gasteiger partial charge is 0.262 e. The van der Waals surface area contributed by atoms with Gasteiger partial charge in [0.1, 0.15) is 18.0 Å². The van der Waals surface area contributed by atoms with E-state index < -0.39 is 10.0 Å².